The molecule has 0 aromatic carbocycles. The van der Waals surface area contributed by atoms with Gasteiger partial charge < -0.3 is 15.7 Å². The molecule has 1 saturated carbocycles. The highest BCUT2D eigenvalue weighted by molar-refractivity contribution is 5.81. The molecule has 1 aliphatic carbocycles. The van der Waals surface area contributed by atoms with Gasteiger partial charge in [-0.15, -0.1) is 0 Å². The van der Waals surface area contributed by atoms with Crippen molar-refractivity contribution in [2.24, 2.45) is 11.8 Å². The number of amides is 1. The summed E-state index contributed by atoms with van der Waals surface area (Å²) in [6.07, 6.45) is 6.77. The van der Waals surface area contributed by atoms with Crippen molar-refractivity contribution >= 4 is 5.91 Å². The molecule has 17 heavy (non-hydrogen) atoms. The highest BCUT2D eigenvalue weighted by Gasteiger charge is 2.27. The van der Waals surface area contributed by atoms with Crippen molar-refractivity contribution in [1.29, 1.82) is 0 Å². The third-order valence-corrected chi connectivity index (χ3v) is 4.22. The van der Waals surface area contributed by atoms with Crippen LogP contribution in [0, 0.1) is 11.8 Å². The Morgan fingerprint density at radius 1 is 1.18 bits per heavy atom. The molecule has 0 aromatic rings. The maximum Gasteiger partial charge on any atom is 0.237 e. The SMILES string of the molecule is O=C(NCC1CCCCC1CO)C1CCCN1. The van der Waals surface area contributed by atoms with E-state index >= 15 is 0 Å². The Kier molecular flexibility index (Phi) is 4.80. The predicted molar refractivity (Wildman–Crippen MR) is 66.6 cm³/mol. The van der Waals surface area contributed by atoms with E-state index in [9.17, 15) is 9.90 Å². The van der Waals surface area contributed by atoms with Gasteiger partial charge in [-0.05, 0) is 44.1 Å². The van der Waals surface area contributed by atoms with Gasteiger partial charge in [0, 0.05) is 13.2 Å². The molecular formula is C13H24N2O2. The second-order valence-corrected chi connectivity index (χ2v) is 5.38. The number of rotatable bonds is 4. The van der Waals surface area contributed by atoms with Crippen LogP contribution in [0.1, 0.15) is 38.5 Å². The van der Waals surface area contributed by atoms with Crippen molar-refractivity contribution in [3.8, 4) is 0 Å². The van der Waals surface area contributed by atoms with E-state index in [1.54, 1.807) is 0 Å². The minimum Gasteiger partial charge on any atom is -0.396 e. The Morgan fingerprint density at radius 2 is 1.94 bits per heavy atom. The summed E-state index contributed by atoms with van der Waals surface area (Å²) in [4.78, 5) is 11.8. The molecule has 3 N–H and O–H groups in total. The molecule has 1 saturated heterocycles. The first-order valence-electron chi connectivity index (χ1n) is 6.93. The predicted octanol–water partition coefficient (Wildman–Crippen LogP) is 0.653. The number of hydrogen-bond donors (Lipinski definition) is 3. The third-order valence-electron chi connectivity index (χ3n) is 4.22. The number of nitrogens with one attached hydrogen (secondary N) is 2. The Balaban J connectivity index is 1.74. The number of aliphatic hydroxyl groups is 1. The number of hydrogen-bond acceptors (Lipinski definition) is 3. The first-order valence-corrected chi connectivity index (χ1v) is 6.93. The fourth-order valence-corrected chi connectivity index (χ4v) is 3.06. The summed E-state index contributed by atoms with van der Waals surface area (Å²) in [5.41, 5.74) is 0. The molecule has 1 heterocycles. The lowest BCUT2D eigenvalue weighted by molar-refractivity contribution is -0.123. The summed E-state index contributed by atoms with van der Waals surface area (Å²) in [5.74, 6) is 1.00. The standard InChI is InChI=1S/C13H24N2O2/c16-9-11-5-2-1-4-10(11)8-15-13(17)12-6-3-7-14-12/h10-12,14,16H,1-9H2,(H,15,17). The van der Waals surface area contributed by atoms with Crippen LogP contribution in [-0.2, 0) is 4.79 Å². The number of carbonyl (C=O) groups is 1. The molecule has 1 amide bonds. The van der Waals surface area contributed by atoms with Crippen molar-refractivity contribution in [1.82, 2.24) is 10.6 Å². The molecule has 3 atom stereocenters. The molecule has 0 radical (unpaired) electrons. The van der Waals surface area contributed by atoms with Gasteiger partial charge in [-0.25, -0.2) is 0 Å². The van der Waals surface area contributed by atoms with Gasteiger partial charge in [-0.1, -0.05) is 12.8 Å². The van der Waals surface area contributed by atoms with Crippen molar-refractivity contribution in [3.63, 3.8) is 0 Å². The third kappa shape index (κ3) is 3.42. The summed E-state index contributed by atoms with van der Waals surface area (Å²) >= 11 is 0. The van der Waals surface area contributed by atoms with E-state index in [2.05, 4.69) is 10.6 Å². The average Bonchev–Trinajstić information content (AvgIpc) is 2.90. The highest BCUT2D eigenvalue weighted by Crippen LogP contribution is 2.29. The maximum absolute atomic E-state index is 11.8. The molecule has 98 valence electrons. The summed E-state index contributed by atoms with van der Waals surface area (Å²) in [6.45, 7) is 1.96. The molecule has 1 aliphatic heterocycles. The van der Waals surface area contributed by atoms with E-state index in [0.29, 0.717) is 11.8 Å². The molecule has 0 aromatic heterocycles. The summed E-state index contributed by atoms with van der Waals surface area (Å²) in [7, 11) is 0. The fourth-order valence-electron chi connectivity index (χ4n) is 3.06. The molecule has 3 unspecified atom stereocenters. The van der Waals surface area contributed by atoms with Crippen molar-refractivity contribution in [2.75, 3.05) is 19.7 Å². The summed E-state index contributed by atoms with van der Waals surface area (Å²) < 4.78 is 0. The minimum absolute atomic E-state index is 0.0196. The van der Waals surface area contributed by atoms with Gasteiger partial charge in [0.1, 0.15) is 0 Å². The van der Waals surface area contributed by atoms with Gasteiger partial charge in [-0.3, -0.25) is 4.79 Å². The molecule has 0 bridgehead atoms. The van der Waals surface area contributed by atoms with E-state index in [4.69, 9.17) is 0 Å². The molecule has 4 nitrogen and oxygen atoms in total. The van der Waals surface area contributed by atoms with Crippen LogP contribution in [-0.4, -0.2) is 36.8 Å². The topological polar surface area (TPSA) is 61.4 Å². The zero-order valence-corrected chi connectivity index (χ0v) is 10.5. The lowest BCUT2D eigenvalue weighted by Gasteiger charge is -2.30. The molecular weight excluding hydrogens is 216 g/mol. The lowest BCUT2D eigenvalue weighted by atomic mass is 9.79. The van der Waals surface area contributed by atoms with Crippen LogP contribution in [0.4, 0.5) is 0 Å². The molecule has 4 heteroatoms. The van der Waals surface area contributed by atoms with Crippen LogP contribution >= 0.6 is 0 Å². The van der Waals surface area contributed by atoms with E-state index < -0.39 is 0 Å². The molecule has 2 aliphatic rings. The average molecular weight is 240 g/mol. The van der Waals surface area contributed by atoms with Gasteiger partial charge >= 0.3 is 0 Å². The van der Waals surface area contributed by atoms with Gasteiger partial charge in [0.15, 0.2) is 0 Å². The van der Waals surface area contributed by atoms with Crippen molar-refractivity contribution in [3.05, 3.63) is 0 Å². The van der Waals surface area contributed by atoms with Crippen molar-refractivity contribution < 1.29 is 9.90 Å². The second-order valence-electron chi connectivity index (χ2n) is 5.38. The Labute approximate surface area is 103 Å². The quantitative estimate of drug-likeness (QED) is 0.676. The van der Waals surface area contributed by atoms with E-state index in [1.165, 1.54) is 12.8 Å². The number of aliphatic hydroxyl groups excluding tert-OH is 1. The normalized spacial score (nSPS) is 33.6. The summed E-state index contributed by atoms with van der Waals surface area (Å²) in [6, 6.07) is 0.0196. The van der Waals surface area contributed by atoms with E-state index in [-0.39, 0.29) is 18.6 Å². The van der Waals surface area contributed by atoms with Crippen LogP contribution in [0.2, 0.25) is 0 Å². The van der Waals surface area contributed by atoms with E-state index in [0.717, 1.165) is 38.8 Å². The maximum atomic E-state index is 11.8. The van der Waals surface area contributed by atoms with Crippen molar-refractivity contribution in [2.45, 2.75) is 44.6 Å². The van der Waals surface area contributed by atoms with Gasteiger partial charge in [0.05, 0.1) is 6.04 Å². The van der Waals surface area contributed by atoms with Crippen LogP contribution in [0.3, 0.4) is 0 Å². The number of carbonyl (C=O) groups excluding carboxylic acids is 1. The van der Waals surface area contributed by atoms with Crippen LogP contribution < -0.4 is 10.6 Å². The van der Waals surface area contributed by atoms with Crippen LogP contribution in [0.5, 0.6) is 0 Å². The second kappa shape index (κ2) is 6.36. The Bertz CT molecular complexity index is 252. The Morgan fingerprint density at radius 3 is 2.59 bits per heavy atom. The molecule has 2 rings (SSSR count). The van der Waals surface area contributed by atoms with Gasteiger partial charge in [-0.2, -0.15) is 0 Å². The van der Waals surface area contributed by atoms with Crippen LogP contribution in [0.25, 0.3) is 0 Å². The van der Waals surface area contributed by atoms with Gasteiger partial charge in [0.25, 0.3) is 0 Å². The van der Waals surface area contributed by atoms with Gasteiger partial charge in [0.2, 0.25) is 5.91 Å². The highest BCUT2D eigenvalue weighted by atomic mass is 16.3. The smallest absolute Gasteiger partial charge is 0.237 e. The fraction of sp³-hybridized carbons (Fsp3) is 0.923. The zero-order valence-electron chi connectivity index (χ0n) is 10.5. The monoisotopic (exact) mass is 240 g/mol. The first-order chi connectivity index (χ1) is 8.31. The zero-order chi connectivity index (χ0) is 12.1. The first kappa shape index (κ1) is 12.8. The molecule has 2 fully saturated rings. The minimum atomic E-state index is 0.0196. The Hall–Kier alpha value is -0.610. The largest absolute Gasteiger partial charge is 0.396 e. The lowest BCUT2D eigenvalue weighted by Crippen LogP contribution is -2.43. The molecule has 0 spiro atoms. The van der Waals surface area contributed by atoms with Crippen LogP contribution in [0.15, 0.2) is 0 Å². The van der Waals surface area contributed by atoms with E-state index in [1.807, 2.05) is 0 Å². The summed E-state index contributed by atoms with van der Waals surface area (Å²) in [5, 5.41) is 15.6.